The molecule has 0 saturated heterocycles. The molecule has 0 aliphatic carbocycles. The van der Waals surface area contributed by atoms with Crippen molar-refractivity contribution in [3.63, 3.8) is 0 Å². The van der Waals surface area contributed by atoms with E-state index in [0.717, 1.165) is 15.6 Å². The minimum atomic E-state index is -4.02. The summed E-state index contributed by atoms with van der Waals surface area (Å²) in [7, 11) is -2.80. The van der Waals surface area contributed by atoms with Crippen molar-refractivity contribution >= 4 is 38.8 Å². The van der Waals surface area contributed by atoms with Gasteiger partial charge in [-0.25, -0.2) is 13.4 Å². The zero-order valence-electron chi connectivity index (χ0n) is 14.8. The van der Waals surface area contributed by atoms with Crippen LogP contribution in [0, 0.1) is 6.92 Å². The van der Waals surface area contributed by atoms with Crippen LogP contribution in [0.15, 0.2) is 57.7 Å². The lowest BCUT2D eigenvalue weighted by Crippen LogP contribution is -2.36. The van der Waals surface area contributed by atoms with Crippen molar-refractivity contribution in [2.75, 3.05) is 12.4 Å². The highest BCUT2D eigenvalue weighted by Gasteiger charge is 2.40. The Bertz CT molecular complexity index is 1210. The van der Waals surface area contributed by atoms with E-state index in [1.165, 1.54) is 19.4 Å². The minimum absolute atomic E-state index is 0.0749. The summed E-state index contributed by atoms with van der Waals surface area (Å²) in [5, 5.41) is 13.2. The number of rotatable bonds is 3. The molecule has 2 N–H and O–H groups in total. The molecule has 3 aromatic rings. The first-order valence-electron chi connectivity index (χ1n) is 8.14. The number of nitrogens with zero attached hydrogens (tertiary/aromatic N) is 2. The topological polar surface area (TPSA) is 113 Å². The van der Waals surface area contributed by atoms with E-state index in [0.29, 0.717) is 16.3 Å². The Morgan fingerprint density at radius 2 is 2.07 bits per heavy atom. The molecule has 1 aliphatic heterocycles. The first-order chi connectivity index (χ1) is 13.3. The normalized spacial score (nSPS) is 15.4. The molecule has 28 heavy (non-hydrogen) atoms. The molecule has 4 heterocycles. The van der Waals surface area contributed by atoms with Crippen LogP contribution in [-0.4, -0.2) is 35.8 Å². The summed E-state index contributed by atoms with van der Waals surface area (Å²) in [5.74, 6) is -0.468. The third kappa shape index (κ3) is 2.86. The Hall–Kier alpha value is -3.11. The molecule has 0 saturated carbocycles. The van der Waals surface area contributed by atoms with Gasteiger partial charge in [0, 0.05) is 12.7 Å². The van der Waals surface area contributed by atoms with Crippen molar-refractivity contribution in [1.29, 1.82) is 0 Å². The number of carbonyl (C=O) groups is 1. The molecule has 0 radical (unpaired) electrons. The molecule has 4 rings (SSSR count). The number of aliphatic hydroxyl groups is 1. The van der Waals surface area contributed by atoms with E-state index in [1.54, 1.807) is 37.3 Å². The lowest BCUT2D eigenvalue weighted by Gasteiger charge is -2.26. The van der Waals surface area contributed by atoms with E-state index in [4.69, 9.17) is 4.42 Å². The maximum Gasteiger partial charge on any atom is 0.278 e. The van der Waals surface area contributed by atoms with Gasteiger partial charge >= 0.3 is 0 Å². The molecule has 0 bridgehead atoms. The van der Waals surface area contributed by atoms with Gasteiger partial charge in [0.1, 0.15) is 16.5 Å². The van der Waals surface area contributed by atoms with Gasteiger partial charge in [0.25, 0.3) is 15.9 Å². The van der Waals surface area contributed by atoms with Gasteiger partial charge in [-0.3, -0.25) is 9.10 Å². The predicted molar refractivity (Wildman–Crippen MR) is 104 cm³/mol. The molecule has 3 aromatic heterocycles. The molecule has 1 amide bonds. The van der Waals surface area contributed by atoms with Crippen LogP contribution in [0.5, 0.6) is 0 Å². The largest absolute Gasteiger partial charge is 0.504 e. The number of aliphatic hydroxyl groups excluding tert-OH is 1. The van der Waals surface area contributed by atoms with Gasteiger partial charge in [-0.05, 0) is 37.3 Å². The minimum Gasteiger partial charge on any atom is -0.504 e. The number of hydrogen-bond acceptors (Lipinski definition) is 7. The fourth-order valence-electron chi connectivity index (χ4n) is 2.83. The number of amides is 1. The lowest BCUT2D eigenvalue weighted by atomic mass is 10.2. The number of sulfonamides is 1. The highest BCUT2D eigenvalue weighted by molar-refractivity contribution is 7.89. The Labute approximate surface area is 164 Å². The number of thiophene rings is 1. The zero-order chi connectivity index (χ0) is 20.1. The first kappa shape index (κ1) is 18.3. The third-order valence-corrected chi connectivity index (χ3v) is 7.27. The van der Waals surface area contributed by atoms with Gasteiger partial charge in [0.15, 0.2) is 11.5 Å². The van der Waals surface area contributed by atoms with E-state index in [2.05, 4.69) is 10.3 Å². The summed E-state index contributed by atoms with van der Waals surface area (Å²) in [5.41, 5.74) is 0.313. The Morgan fingerprint density at radius 1 is 1.29 bits per heavy atom. The number of aromatic nitrogens is 1. The van der Waals surface area contributed by atoms with Crippen molar-refractivity contribution in [2.24, 2.45) is 0 Å². The van der Waals surface area contributed by atoms with Crippen molar-refractivity contribution in [3.05, 3.63) is 58.9 Å². The van der Waals surface area contributed by atoms with Crippen LogP contribution in [0.4, 0.5) is 5.82 Å². The Balaban J connectivity index is 1.80. The van der Waals surface area contributed by atoms with Gasteiger partial charge in [0.05, 0.1) is 16.0 Å². The highest BCUT2D eigenvalue weighted by atomic mass is 32.2. The smallest absolute Gasteiger partial charge is 0.278 e. The van der Waals surface area contributed by atoms with Gasteiger partial charge in [-0.15, -0.1) is 11.3 Å². The zero-order valence-corrected chi connectivity index (χ0v) is 16.5. The number of aryl methyl sites for hydroxylation is 1. The number of likely N-dealkylation sites (N-methyl/N-ethyl adjacent to an activating group) is 1. The number of nitrogens with one attached hydrogen (secondary N) is 1. The molecule has 0 atom stereocenters. The lowest BCUT2D eigenvalue weighted by molar-refractivity contribution is -0.113. The van der Waals surface area contributed by atoms with Gasteiger partial charge in [-0.2, -0.15) is 0 Å². The molecule has 0 unspecified atom stereocenters. The Kier molecular flexibility index (Phi) is 4.24. The van der Waals surface area contributed by atoms with Crippen LogP contribution in [0.2, 0.25) is 0 Å². The van der Waals surface area contributed by atoms with Gasteiger partial charge < -0.3 is 14.8 Å². The molecule has 1 aliphatic rings. The summed E-state index contributed by atoms with van der Waals surface area (Å²) in [6, 6.07) is 9.84. The van der Waals surface area contributed by atoms with E-state index in [1.807, 2.05) is 0 Å². The quantitative estimate of drug-likeness (QED) is 0.677. The van der Waals surface area contributed by atoms with Crippen molar-refractivity contribution < 1.29 is 22.7 Å². The summed E-state index contributed by atoms with van der Waals surface area (Å²) in [6.07, 6.45) is 1.47. The van der Waals surface area contributed by atoms with Crippen LogP contribution in [0.3, 0.4) is 0 Å². The highest BCUT2D eigenvalue weighted by Crippen LogP contribution is 2.43. The number of pyridine rings is 1. The van der Waals surface area contributed by atoms with Crippen LogP contribution in [-0.2, 0) is 14.8 Å². The fourth-order valence-corrected chi connectivity index (χ4v) is 5.62. The number of anilines is 1. The van der Waals surface area contributed by atoms with E-state index >= 15 is 0 Å². The van der Waals surface area contributed by atoms with E-state index in [-0.39, 0.29) is 21.3 Å². The Morgan fingerprint density at radius 3 is 2.75 bits per heavy atom. The molecule has 0 spiro atoms. The van der Waals surface area contributed by atoms with Crippen molar-refractivity contribution in [2.45, 2.75) is 11.8 Å². The molecular formula is C18H15N3O5S2. The molecule has 0 aromatic carbocycles. The predicted octanol–water partition coefficient (Wildman–Crippen LogP) is 3.21. The maximum absolute atomic E-state index is 12.9. The average molecular weight is 417 g/mol. The van der Waals surface area contributed by atoms with Crippen LogP contribution >= 0.6 is 11.3 Å². The third-order valence-electron chi connectivity index (χ3n) is 4.20. The van der Waals surface area contributed by atoms with Crippen LogP contribution in [0.25, 0.3) is 16.4 Å². The van der Waals surface area contributed by atoms with Crippen molar-refractivity contribution in [1.82, 2.24) is 9.29 Å². The second-order valence-corrected chi connectivity index (χ2v) is 9.06. The van der Waals surface area contributed by atoms with E-state index in [9.17, 15) is 18.3 Å². The van der Waals surface area contributed by atoms with Crippen LogP contribution in [0.1, 0.15) is 10.6 Å². The molecule has 144 valence electrons. The summed E-state index contributed by atoms with van der Waals surface area (Å²) < 4.78 is 31.9. The van der Waals surface area contributed by atoms with Gasteiger partial charge in [-0.1, -0.05) is 6.07 Å². The number of carbonyl (C=O) groups excluding carboxylic acids is 1. The monoisotopic (exact) mass is 417 g/mol. The second-order valence-electron chi connectivity index (χ2n) is 6.07. The molecule has 10 heteroatoms. The number of furan rings is 1. The SMILES string of the molecule is Cc1cccc(NC(=O)C2=C(O)c3sc(-c4ccco4)cc3S(=O)(=O)N2C)n1. The fraction of sp³-hybridized carbons (Fsp3) is 0.111. The average Bonchev–Trinajstić information content (AvgIpc) is 3.30. The van der Waals surface area contributed by atoms with Crippen LogP contribution < -0.4 is 5.32 Å². The molecule has 8 nitrogen and oxygen atoms in total. The first-order valence-corrected chi connectivity index (χ1v) is 10.4. The standard InChI is InChI=1S/C18H15N3O5S2/c1-10-5-3-7-14(19-10)20-18(23)15-16(22)17-13(28(24,25)21(15)2)9-12(27-17)11-6-4-8-26-11/h3-9,22H,1-2H3,(H,19,20,23). The summed E-state index contributed by atoms with van der Waals surface area (Å²) >= 11 is 1.03. The summed E-state index contributed by atoms with van der Waals surface area (Å²) in [6.45, 7) is 1.76. The molecule has 0 fully saturated rings. The summed E-state index contributed by atoms with van der Waals surface area (Å²) in [4.78, 5) is 17.4. The maximum atomic E-state index is 12.9. The molecular weight excluding hydrogens is 402 g/mol. The second kappa shape index (κ2) is 6.50. The number of fused-ring (bicyclic) bond motifs is 1. The van der Waals surface area contributed by atoms with Crippen molar-refractivity contribution in [3.8, 4) is 10.6 Å². The number of hydrogen-bond donors (Lipinski definition) is 2. The van der Waals surface area contributed by atoms with E-state index < -0.39 is 21.7 Å². The van der Waals surface area contributed by atoms with Gasteiger partial charge in [0.2, 0.25) is 0 Å².